The van der Waals surface area contributed by atoms with Gasteiger partial charge in [-0.25, -0.2) is 0 Å². The molecular weight excluding hydrogens is 166 g/mol. The summed E-state index contributed by atoms with van der Waals surface area (Å²) in [7, 11) is 1.91. The third-order valence-corrected chi connectivity index (χ3v) is 1.96. The van der Waals surface area contributed by atoms with Gasteiger partial charge in [-0.1, -0.05) is 6.92 Å². The van der Waals surface area contributed by atoms with Gasteiger partial charge in [-0.2, -0.15) is 5.10 Å². The number of nitrogens with two attached hydrogens (primary N) is 1. The van der Waals surface area contributed by atoms with E-state index in [1.165, 1.54) is 0 Å². The van der Waals surface area contributed by atoms with Crippen LogP contribution in [0.4, 0.5) is 0 Å². The summed E-state index contributed by atoms with van der Waals surface area (Å²) in [5.41, 5.74) is 7.71. The lowest BCUT2D eigenvalue weighted by molar-refractivity contribution is 0.116. The first-order valence-electron chi connectivity index (χ1n) is 4.57. The van der Waals surface area contributed by atoms with Crippen molar-refractivity contribution in [2.75, 3.05) is 6.61 Å². The van der Waals surface area contributed by atoms with Crippen molar-refractivity contribution in [2.45, 2.75) is 26.5 Å². The molecule has 74 valence electrons. The van der Waals surface area contributed by atoms with E-state index in [0.29, 0.717) is 13.2 Å². The second-order valence-electron chi connectivity index (χ2n) is 3.00. The largest absolute Gasteiger partial charge is 0.375 e. The summed E-state index contributed by atoms with van der Waals surface area (Å²) in [6.07, 6.45) is 2.83. The molecule has 0 aliphatic carbocycles. The molecule has 0 unspecified atom stereocenters. The maximum atomic E-state index is 5.56. The van der Waals surface area contributed by atoms with Crippen LogP contribution in [0.5, 0.6) is 0 Å². The van der Waals surface area contributed by atoms with Crippen molar-refractivity contribution in [2.24, 2.45) is 12.8 Å². The molecule has 0 aliphatic heterocycles. The molecule has 1 rings (SSSR count). The number of hydrogen-bond donors (Lipinski definition) is 1. The lowest BCUT2D eigenvalue weighted by Crippen LogP contribution is -2.06. The number of aryl methyl sites for hydroxylation is 1. The fraction of sp³-hybridized carbons (Fsp3) is 0.667. The molecule has 4 heteroatoms. The molecule has 1 aromatic rings. The topological polar surface area (TPSA) is 53.1 Å². The second-order valence-corrected chi connectivity index (χ2v) is 3.00. The number of rotatable bonds is 5. The van der Waals surface area contributed by atoms with Gasteiger partial charge in [0, 0.05) is 25.8 Å². The minimum Gasteiger partial charge on any atom is -0.375 e. The molecule has 1 aromatic heterocycles. The molecule has 0 bridgehead atoms. The van der Waals surface area contributed by atoms with Crippen LogP contribution in [0.15, 0.2) is 6.20 Å². The van der Waals surface area contributed by atoms with Crippen molar-refractivity contribution >= 4 is 0 Å². The van der Waals surface area contributed by atoms with E-state index in [-0.39, 0.29) is 0 Å². The fourth-order valence-corrected chi connectivity index (χ4v) is 1.18. The maximum absolute atomic E-state index is 5.56. The lowest BCUT2D eigenvalue weighted by Gasteiger charge is -2.05. The van der Waals surface area contributed by atoms with Crippen LogP contribution in [-0.2, 0) is 24.9 Å². The first-order chi connectivity index (χ1) is 6.29. The van der Waals surface area contributed by atoms with Crippen LogP contribution in [0.3, 0.4) is 0 Å². The second kappa shape index (κ2) is 4.99. The molecule has 0 radical (unpaired) electrons. The molecule has 0 spiro atoms. The highest BCUT2D eigenvalue weighted by Crippen LogP contribution is 2.07. The van der Waals surface area contributed by atoms with Crippen LogP contribution in [0.1, 0.15) is 24.6 Å². The lowest BCUT2D eigenvalue weighted by atomic mass is 10.2. The fourth-order valence-electron chi connectivity index (χ4n) is 1.18. The van der Waals surface area contributed by atoms with Gasteiger partial charge in [0.25, 0.3) is 0 Å². The highest BCUT2D eigenvalue weighted by Gasteiger charge is 2.05. The smallest absolute Gasteiger partial charge is 0.0887 e. The van der Waals surface area contributed by atoms with Gasteiger partial charge < -0.3 is 10.5 Å². The minimum absolute atomic E-state index is 0.526. The van der Waals surface area contributed by atoms with Crippen LogP contribution in [0.2, 0.25) is 0 Å². The molecule has 2 N–H and O–H groups in total. The molecule has 13 heavy (non-hydrogen) atoms. The molecular formula is C9H17N3O. The number of hydrogen-bond acceptors (Lipinski definition) is 3. The van der Waals surface area contributed by atoms with E-state index in [1.54, 1.807) is 6.20 Å². The van der Waals surface area contributed by atoms with Gasteiger partial charge in [-0.3, -0.25) is 4.68 Å². The standard InChI is InChI=1S/C9H17N3O/c1-3-4-13-7-9-8(5-10)6-11-12(9)2/h6H,3-5,7,10H2,1-2H3. The van der Waals surface area contributed by atoms with Crippen molar-refractivity contribution in [3.63, 3.8) is 0 Å². The Morgan fingerprint density at radius 1 is 1.62 bits per heavy atom. The minimum atomic E-state index is 0.526. The van der Waals surface area contributed by atoms with Gasteiger partial charge in [0.05, 0.1) is 18.5 Å². The summed E-state index contributed by atoms with van der Waals surface area (Å²) in [5, 5.41) is 4.12. The molecule has 1 heterocycles. The van der Waals surface area contributed by atoms with E-state index in [2.05, 4.69) is 12.0 Å². The molecule has 0 aliphatic rings. The van der Waals surface area contributed by atoms with E-state index in [1.807, 2.05) is 11.7 Å². The third kappa shape index (κ3) is 2.54. The Morgan fingerprint density at radius 2 is 2.38 bits per heavy atom. The number of ether oxygens (including phenoxy) is 1. The van der Waals surface area contributed by atoms with Gasteiger partial charge in [0.2, 0.25) is 0 Å². The van der Waals surface area contributed by atoms with E-state index >= 15 is 0 Å². The van der Waals surface area contributed by atoms with Gasteiger partial charge in [-0.15, -0.1) is 0 Å². The van der Waals surface area contributed by atoms with Crippen molar-refractivity contribution in [3.05, 3.63) is 17.5 Å². The first kappa shape index (κ1) is 10.2. The van der Waals surface area contributed by atoms with Gasteiger partial charge in [0.15, 0.2) is 0 Å². The van der Waals surface area contributed by atoms with Crippen molar-refractivity contribution in [1.29, 1.82) is 0 Å². The summed E-state index contributed by atoms with van der Waals surface area (Å²) in [4.78, 5) is 0. The molecule has 0 aromatic carbocycles. The van der Waals surface area contributed by atoms with Crippen LogP contribution in [0, 0.1) is 0 Å². The van der Waals surface area contributed by atoms with Crippen LogP contribution < -0.4 is 5.73 Å². The predicted molar refractivity (Wildman–Crippen MR) is 51.0 cm³/mol. The zero-order valence-electron chi connectivity index (χ0n) is 8.29. The third-order valence-electron chi connectivity index (χ3n) is 1.96. The van der Waals surface area contributed by atoms with Crippen molar-refractivity contribution in [1.82, 2.24) is 9.78 Å². The molecule has 0 atom stereocenters. The quantitative estimate of drug-likeness (QED) is 0.687. The van der Waals surface area contributed by atoms with Crippen molar-refractivity contribution < 1.29 is 4.74 Å². The summed E-state index contributed by atoms with van der Waals surface area (Å²) in [5.74, 6) is 0. The molecule has 0 saturated carbocycles. The van der Waals surface area contributed by atoms with Gasteiger partial charge in [-0.05, 0) is 6.42 Å². The number of aromatic nitrogens is 2. The SMILES string of the molecule is CCCOCc1c(CN)cnn1C. The van der Waals surface area contributed by atoms with Crippen LogP contribution in [-0.4, -0.2) is 16.4 Å². The average molecular weight is 183 g/mol. The van der Waals surface area contributed by atoms with Crippen molar-refractivity contribution in [3.8, 4) is 0 Å². The average Bonchev–Trinajstić information content (AvgIpc) is 2.48. The molecule has 0 fully saturated rings. The van der Waals surface area contributed by atoms with E-state index in [9.17, 15) is 0 Å². The number of nitrogens with zero attached hydrogens (tertiary/aromatic N) is 2. The zero-order chi connectivity index (χ0) is 9.68. The van der Waals surface area contributed by atoms with Crippen LogP contribution >= 0.6 is 0 Å². The molecule has 4 nitrogen and oxygen atoms in total. The summed E-state index contributed by atoms with van der Waals surface area (Å²) in [6.45, 7) is 4.01. The Hall–Kier alpha value is -0.870. The van der Waals surface area contributed by atoms with E-state index in [4.69, 9.17) is 10.5 Å². The Balaban J connectivity index is 2.57. The Bertz CT molecular complexity index is 257. The monoisotopic (exact) mass is 183 g/mol. The van der Waals surface area contributed by atoms with Gasteiger partial charge in [0.1, 0.15) is 0 Å². The highest BCUT2D eigenvalue weighted by molar-refractivity contribution is 5.16. The summed E-state index contributed by atoms with van der Waals surface area (Å²) in [6, 6.07) is 0. The van der Waals surface area contributed by atoms with Gasteiger partial charge >= 0.3 is 0 Å². The Kier molecular flexibility index (Phi) is 3.92. The van der Waals surface area contributed by atoms with Crippen LogP contribution in [0.25, 0.3) is 0 Å². The summed E-state index contributed by atoms with van der Waals surface area (Å²) < 4.78 is 7.25. The van der Waals surface area contributed by atoms with E-state index in [0.717, 1.165) is 24.3 Å². The summed E-state index contributed by atoms with van der Waals surface area (Å²) >= 11 is 0. The first-order valence-corrected chi connectivity index (χ1v) is 4.57. The Labute approximate surface area is 78.7 Å². The molecule has 0 amide bonds. The zero-order valence-corrected chi connectivity index (χ0v) is 8.29. The molecule has 0 saturated heterocycles. The highest BCUT2D eigenvalue weighted by atomic mass is 16.5. The van der Waals surface area contributed by atoms with E-state index < -0.39 is 0 Å². The normalized spacial score (nSPS) is 10.7. The Morgan fingerprint density at radius 3 is 3.00 bits per heavy atom. The maximum Gasteiger partial charge on any atom is 0.0887 e. The predicted octanol–water partition coefficient (Wildman–Crippen LogP) is 0.805.